The number of carbonyl (C=O) groups excluding carboxylic acids is 1. The minimum atomic E-state index is -0.179. The Morgan fingerprint density at radius 1 is 1.09 bits per heavy atom. The highest BCUT2D eigenvalue weighted by Crippen LogP contribution is 2.13. The molecule has 1 aliphatic rings. The van der Waals surface area contributed by atoms with Gasteiger partial charge in [-0.3, -0.25) is 19.1 Å². The quantitative estimate of drug-likeness (QED) is 0.572. The zero-order chi connectivity index (χ0) is 22.5. The number of para-hydroxylation sites is 1. The molecule has 3 aromatic rings. The van der Waals surface area contributed by atoms with E-state index in [-0.39, 0.29) is 24.1 Å². The standard InChI is InChI=1S/C25H30N4O3/c1-19(16-27-12-14-32-15-13-27)28(17-21-8-4-3-5-9-21)24(30)18-29-20(2)26-23-11-7-6-10-22(23)25(29)31/h3-11,19H,12-18H2,1-2H3. The number of nitrogens with zero attached hydrogens (tertiary/aromatic N) is 4. The molecular weight excluding hydrogens is 404 g/mol. The minimum Gasteiger partial charge on any atom is -0.379 e. The Morgan fingerprint density at radius 3 is 2.53 bits per heavy atom. The number of carbonyl (C=O) groups is 1. The van der Waals surface area contributed by atoms with E-state index in [1.54, 1.807) is 13.0 Å². The van der Waals surface area contributed by atoms with Gasteiger partial charge in [-0.05, 0) is 31.5 Å². The van der Waals surface area contributed by atoms with Crippen LogP contribution in [0, 0.1) is 6.92 Å². The number of morpholine rings is 1. The molecule has 0 saturated carbocycles. The van der Waals surface area contributed by atoms with E-state index in [1.165, 1.54) is 4.57 Å². The van der Waals surface area contributed by atoms with Crippen molar-refractivity contribution in [2.24, 2.45) is 0 Å². The van der Waals surface area contributed by atoms with Gasteiger partial charge in [0, 0.05) is 32.2 Å². The van der Waals surface area contributed by atoms with Crippen molar-refractivity contribution < 1.29 is 9.53 Å². The number of amides is 1. The van der Waals surface area contributed by atoms with E-state index < -0.39 is 0 Å². The Morgan fingerprint density at radius 2 is 1.78 bits per heavy atom. The fraction of sp³-hybridized carbons (Fsp3) is 0.400. The first-order valence-corrected chi connectivity index (χ1v) is 11.1. The molecule has 0 spiro atoms. The van der Waals surface area contributed by atoms with Crippen LogP contribution in [0.25, 0.3) is 10.9 Å². The van der Waals surface area contributed by atoms with Gasteiger partial charge in [-0.15, -0.1) is 0 Å². The SMILES string of the molecule is Cc1nc2ccccc2c(=O)n1CC(=O)N(Cc1ccccc1)C(C)CN1CCOCC1. The fourth-order valence-corrected chi connectivity index (χ4v) is 4.22. The van der Waals surface area contributed by atoms with Gasteiger partial charge in [0.15, 0.2) is 0 Å². The molecule has 0 aliphatic carbocycles. The molecule has 2 heterocycles. The fourth-order valence-electron chi connectivity index (χ4n) is 4.22. The van der Waals surface area contributed by atoms with Crippen LogP contribution in [0.15, 0.2) is 59.4 Å². The van der Waals surface area contributed by atoms with Crippen LogP contribution in [0.4, 0.5) is 0 Å². The van der Waals surface area contributed by atoms with Crippen molar-refractivity contribution in [1.29, 1.82) is 0 Å². The smallest absolute Gasteiger partial charge is 0.261 e. The summed E-state index contributed by atoms with van der Waals surface area (Å²) in [4.78, 5) is 35.4. The lowest BCUT2D eigenvalue weighted by Crippen LogP contribution is -2.49. The maximum Gasteiger partial charge on any atom is 0.261 e. The Bertz CT molecular complexity index is 1120. The predicted octanol–water partition coefficient (Wildman–Crippen LogP) is 2.45. The van der Waals surface area contributed by atoms with Crippen molar-refractivity contribution in [2.75, 3.05) is 32.8 Å². The molecule has 1 aliphatic heterocycles. The third-order valence-electron chi connectivity index (χ3n) is 6.02. The van der Waals surface area contributed by atoms with Crippen LogP contribution in [0.1, 0.15) is 18.3 Å². The molecule has 1 unspecified atom stereocenters. The van der Waals surface area contributed by atoms with Crippen molar-refractivity contribution in [3.8, 4) is 0 Å². The highest BCUT2D eigenvalue weighted by atomic mass is 16.5. The predicted molar refractivity (Wildman–Crippen MR) is 124 cm³/mol. The van der Waals surface area contributed by atoms with Gasteiger partial charge in [0.25, 0.3) is 5.56 Å². The number of aromatic nitrogens is 2. The van der Waals surface area contributed by atoms with Crippen LogP contribution in [0.5, 0.6) is 0 Å². The van der Waals surface area contributed by atoms with Crippen molar-refractivity contribution in [3.63, 3.8) is 0 Å². The van der Waals surface area contributed by atoms with Gasteiger partial charge >= 0.3 is 0 Å². The molecule has 0 bridgehead atoms. The van der Waals surface area contributed by atoms with Gasteiger partial charge in [0.05, 0.1) is 24.1 Å². The van der Waals surface area contributed by atoms with Gasteiger partial charge in [-0.2, -0.15) is 0 Å². The maximum absolute atomic E-state index is 13.5. The molecule has 4 rings (SSSR count). The normalized spacial score (nSPS) is 15.6. The van der Waals surface area contributed by atoms with E-state index in [2.05, 4.69) is 16.8 Å². The lowest BCUT2D eigenvalue weighted by molar-refractivity contribution is -0.135. The third kappa shape index (κ3) is 5.06. The second kappa shape index (κ2) is 10.1. The summed E-state index contributed by atoms with van der Waals surface area (Å²) in [5.74, 6) is 0.458. The van der Waals surface area contributed by atoms with E-state index >= 15 is 0 Å². The van der Waals surface area contributed by atoms with Crippen LogP contribution < -0.4 is 5.56 Å². The van der Waals surface area contributed by atoms with Crippen molar-refractivity contribution in [2.45, 2.75) is 33.0 Å². The number of fused-ring (bicyclic) bond motifs is 1. The van der Waals surface area contributed by atoms with E-state index in [1.807, 2.05) is 53.4 Å². The number of ether oxygens (including phenoxy) is 1. The average molecular weight is 435 g/mol. The summed E-state index contributed by atoms with van der Waals surface area (Å²) in [5.41, 5.74) is 1.54. The zero-order valence-corrected chi connectivity index (χ0v) is 18.7. The first-order valence-electron chi connectivity index (χ1n) is 11.1. The molecule has 168 valence electrons. The van der Waals surface area contributed by atoms with Gasteiger partial charge in [-0.25, -0.2) is 4.98 Å². The van der Waals surface area contributed by atoms with Crippen LogP contribution in [-0.4, -0.2) is 64.1 Å². The molecule has 0 N–H and O–H groups in total. The van der Waals surface area contributed by atoms with Crippen LogP contribution in [0.2, 0.25) is 0 Å². The second-order valence-electron chi connectivity index (χ2n) is 8.34. The Balaban J connectivity index is 1.59. The molecule has 1 aromatic heterocycles. The molecule has 1 amide bonds. The van der Waals surface area contributed by atoms with Crippen molar-refractivity contribution >= 4 is 16.8 Å². The summed E-state index contributed by atoms with van der Waals surface area (Å²) >= 11 is 0. The minimum absolute atomic E-state index is 0.00905. The lowest BCUT2D eigenvalue weighted by atomic mass is 10.1. The molecule has 1 atom stereocenters. The first kappa shape index (κ1) is 22.2. The molecule has 32 heavy (non-hydrogen) atoms. The van der Waals surface area contributed by atoms with Crippen LogP contribution in [0.3, 0.4) is 0 Å². The lowest BCUT2D eigenvalue weighted by Gasteiger charge is -2.35. The Hall–Kier alpha value is -3.03. The molecule has 1 saturated heterocycles. The number of aryl methyl sites for hydroxylation is 1. The molecule has 0 radical (unpaired) electrons. The van der Waals surface area contributed by atoms with Gasteiger partial charge in [0.2, 0.25) is 5.91 Å². The van der Waals surface area contributed by atoms with E-state index in [0.29, 0.717) is 23.3 Å². The van der Waals surface area contributed by atoms with Gasteiger partial charge < -0.3 is 9.64 Å². The van der Waals surface area contributed by atoms with E-state index in [0.717, 1.165) is 38.4 Å². The number of hydrogen-bond donors (Lipinski definition) is 0. The van der Waals surface area contributed by atoms with Crippen LogP contribution >= 0.6 is 0 Å². The Labute approximate surface area is 188 Å². The van der Waals surface area contributed by atoms with Gasteiger partial charge in [-0.1, -0.05) is 42.5 Å². The van der Waals surface area contributed by atoms with Gasteiger partial charge in [0.1, 0.15) is 12.4 Å². The summed E-state index contributed by atoms with van der Waals surface area (Å²) in [5, 5.41) is 0.530. The molecule has 7 heteroatoms. The summed E-state index contributed by atoms with van der Waals surface area (Å²) in [7, 11) is 0. The summed E-state index contributed by atoms with van der Waals surface area (Å²) in [6.07, 6.45) is 0. The molecule has 7 nitrogen and oxygen atoms in total. The average Bonchev–Trinajstić information content (AvgIpc) is 2.81. The third-order valence-corrected chi connectivity index (χ3v) is 6.02. The van der Waals surface area contributed by atoms with E-state index in [9.17, 15) is 9.59 Å². The molecule has 2 aromatic carbocycles. The number of hydrogen-bond acceptors (Lipinski definition) is 5. The van der Waals surface area contributed by atoms with Crippen molar-refractivity contribution in [1.82, 2.24) is 19.4 Å². The van der Waals surface area contributed by atoms with Crippen LogP contribution in [-0.2, 0) is 22.6 Å². The summed E-state index contributed by atoms with van der Waals surface area (Å²) < 4.78 is 6.95. The number of benzene rings is 2. The molecular formula is C25H30N4O3. The van der Waals surface area contributed by atoms with Crippen molar-refractivity contribution in [3.05, 3.63) is 76.3 Å². The summed E-state index contributed by atoms with van der Waals surface area (Å²) in [6.45, 7) is 8.27. The number of rotatable bonds is 7. The Kier molecular flexibility index (Phi) is 6.97. The monoisotopic (exact) mass is 434 g/mol. The first-order chi connectivity index (χ1) is 15.5. The second-order valence-corrected chi connectivity index (χ2v) is 8.34. The zero-order valence-electron chi connectivity index (χ0n) is 18.7. The highest BCUT2D eigenvalue weighted by molar-refractivity contribution is 5.79. The highest BCUT2D eigenvalue weighted by Gasteiger charge is 2.25. The molecule has 1 fully saturated rings. The maximum atomic E-state index is 13.5. The largest absolute Gasteiger partial charge is 0.379 e. The van der Waals surface area contributed by atoms with E-state index in [4.69, 9.17) is 4.74 Å². The topological polar surface area (TPSA) is 67.7 Å². The summed E-state index contributed by atoms with van der Waals surface area (Å²) in [6, 6.07) is 17.2.